The SMILES string of the molecule is COCCCOc1cc(C2CCC(CCCC(=O)O)N2C(=O)OC(C)(C)C)ccc1OC. The summed E-state index contributed by atoms with van der Waals surface area (Å²) in [6, 6.07) is 5.48. The molecular formula is C24H37NO7. The van der Waals surface area contributed by atoms with E-state index in [1.807, 2.05) is 39.0 Å². The number of rotatable bonds is 11. The third-order valence-electron chi connectivity index (χ3n) is 5.36. The summed E-state index contributed by atoms with van der Waals surface area (Å²) in [5.41, 5.74) is 0.324. The second-order valence-corrected chi connectivity index (χ2v) is 9.03. The molecular weight excluding hydrogens is 414 g/mol. The van der Waals surface area contributed by atoms with Crippen LogP contribution in [0.25, 0.3) is 0 Å². The largest absolute Gasteiger partial charge is 0.493 e. The standard InChI is InChI=1S/C24H37NO7/c1-24(2,3)32-23(28)25-18(8-6-9-22(26)27)11-12-19(25)17-10-13-20(30-5)21(16-17)31-15-7-14-29-4/h10,13,16,18-19H,6-9,11-12,14-15H2,1-5H3,(H,26,27). The number of carbonyl (C=O) groups excluding carboxylic acids is 1. The van der Waals surface area contributed by atoms with Crippen molar-refractivity contribution >= 4 is 12.1 Å². The molecule has 0 aliphatic carbocycles. The van der Waals surface area contributed by atoms with E-state index < -0.39 is 11.6 Å². The number of carboxylic acid groups (broad SMARTS) is 1. The highest BCUT2D eigenvalue weighted by molar-refractivity contribution is 5.70. The molecule has 0 bridgehead atoms. The van der Waals surface area contributed by atoms with Gasteiger partial charge < -0.3 is 24.1 Å². The van der Waals surface area contributed by atoms with E-state index in [9.17, 15) is 9.59 Å². The van der Waals surface area contributed by atoms with E-state index in [1.165, 1.54) is 0 Å². The van der Waals surface area contributed by atoms with Gasteiger partial charge >= 0.3 is 12.1 Å². The molecule has 1 saturated heterocycles. The van der Waals surface area contributed by atoms with Crippen LogP contribution >= 0.6 is 0 Å². The Hall–Kier alpha value is -2.48. The van der Waals surface area contributed by atoms with Crippen LogP contribution in [0.15, 0.2) is 18.2 Å². The first-order valence-corrected chi connectivity index (χ1v) is 11.2. The van der Waals surface area contributed by atoms with Crippen molar-refractivity contribution < 1.29 is 33.6 Å². The van der Waals surface area contributed by atoms with E-state index in [0.29, 0.717) is 37.6 Å². The molecule has 0 aromatic heterocycles. The molecule has 180 valence electrons. The van der Waals surface area contributed by atoms with Gasteiger partial charge in [-0.1, -0.05) is 6.07 Å². The maximum atomic E-state index is 13.1. The number of ether oxygens (including phenoxy) is 4. The highest BCUT2D eigenvalue weighted by Crippen LogP contribution is 2.41. The molecule has 8 heteroatoms. The predicted molar refractivity (Wildman–Crippen MR) is 120 cm³/mol. The maximum absolute atomic E-state index is 13.1. The molecule has 0 saturated carbocycles. The summed E-state index contributed by atoms with van der Waals surface area (Å²) in [4.78, 5) is 25.9. The number of amides is 1. The Kier molecular flexibility index (Phi) is 9.62. The van der Waals surface area contributed by atoms with E-state index in [4.69, 9.17) is 24.1 Å². The number of aliphatic carboxylic acids is 1. The van der Waals surface area contributed by atoms with Gasteiger partial charge in [0.05, 0.1) is 19.8 Å². The summed E-state index contributed by atoms with van der Waals surface area (Å²) in [5, 5.41) is 8.99. The van der Waals surface area contributed by atoms with Crippen LogP contribution in [0.2, 0.25) is 0 Å². The van der Waals surface area contributed by atoms with E-state index in [2.05, 4.69) is 0 Å². The lowest BCUT2D eigenvalue weighted by atomic mass is 10.0. The first-order valence-electron chi connectivity index (χ1n) is 11.2. The van der Waals surface area contributed by atoms with Crippen molar-refractivity contribution in [3.63, 3.8) is 0 Å². The minimum absolute atomic E-state index is 0.0672. The van der Waals surface area contributed by atoms with Gasteiger partial charge in [0.15, 0.2) is 11.5 Å². The zero-order chi connectivity index (χ0) is 23.7. The number of carbonyl (C=O) groups is 2. The van der Waals surface area contributed by atoms with Crippen molar-refractivity contribution in [2.45, 2.75) is 77.0 Å². The van der Waals surface area contributed by atoms with Gasteiger partial charge in [0.25, 0.3) is 0 Å². The monoisotopic (exact) mass is 451 g/mol. The molecule has 0 spiro atoms. The minimum atomic E-state index is -0.825. The topological polar surface area (TPSA) is 94.5 Å². The molecule has 2 unspecified atom stereocenters. The maximum Gasteiger partial charge on any atom is 0.411 e. The van der Waals surface area contributed by atoms with Crippen LogP contribution in [-0.4, -0.2) is 61.1 Å². The number of methoxy groups -OCH3 is 2. The molecule has 1 aliphatic heterocycles. The Labute approximate surface area is 190 Å². The molecule has 2 atom stereocenters. The Balaban J connectivity index is 2.25. The van der Waals surface area contributed by atoms with E-state index in [-0.39, 0.29) is 24.6 Å². The molecule has 0 radical (unpaired) electrons. The second-order valence-electron chi connectivity index (χ2n) is 9.03. The fourth-order valence-electron chi connectivity index (χ4n) is 3.97. The first kappa shape index (κ1) is 25.8. The van der Waals surface area contributed by atoms with Crippen LogP contribution in [0.3, 0.4) is 0 Å². The Bertz CT molecular complexity index is 759. The molecule has 1 fully saturated rings. The van der Waals surface area contributed by atoms with E-state index >= 15 is 0 Å². The third kappa shape index (κ3) is 7.58. The number of benzene rings is 1. The summed E-state index contributed by atoms with van der Waals surface area (Å²) < 4.78 is 22.1. The van der Waals surface area contributed by atoms with Crippen LogP contribution in [0, 0.1) is 0 Å². The van der Waals surface area contributed by atoms with Crippen molar-refractivity contribution in [2.24, 2.45) is 0 Å². The molecule has 8 nitrogen and oxygen atoms in total. The quantitative estimate of drug-likeness (QED) is 0.483. The molecule has 32 heavy (non-hydrogen) atoms. The van der Waals surface area contributed by atoms with Gasteiger partial charge in [0.1, 0.15) is 5.60 Å². The Morgan fingerprint density at radius 1 is 1.09 bits per heavy atom. The normalized spacial score (nSPS) is 18.5. The van der Waals surface area contributed by atoms with Crippen LogP contribution in [0.1, 0.15) is 70.9 Å². The summed E-state index contributed by atoms with van der Waals surface area (Å²) in [6.07, 6.45) is 3.17. The number of carboxylic acids is 1. The van der Waals surface area contributed by atoms with Crippen molar-refractivity contribution in [2.75, 3.05) is 27.4 Å². The molecule has 2 rings (SSSR count). The van der Waals surface area contributed by atoms with Crippen LogP contribution in [0.5, 0.6) is 11.5 Å². The van der Waals surface area contributed by atoms with Gasteiger partial charge in [0.2, 0.25) is 0 Å². The minimum Gasteiger partial charge on any atom is -0.493 e. The number of hydrogen-bond acceptors (Lipinski definition) is 6. The molecule has 1 heterocycles. The lowest BCUT2D eigenvalue weighted by Crippen LogP contribution is -2.41. The van der Waals surface area contributed by atoms with Crippen LogP contribution in [0.4, 0.5) is 4.79 Å². The second kappa shape index (κ2) is 11.9. The van der Waals surface area contributed by atoms with Gasteiger partial charge in [-0.2, -0.15) is 0 Å². The number of hydrogen-bond donors (Lipinski definition) is 1. The van der Waals surface area contributed by atoms with Gasteiger partial charge in [-0.25, -0.2) is 4.79 Å². The first-order chi connectivity index (χ1) is 15.2. The van der Waals surface area contributed by atoms with Crippen LogP contribution < -0.4 is 9.47 Å². The van der Waals surface area contributed by atoms with Gasteiger partial charge in [-0.15, -0.1) is 0 Å². The third-order valence-corrected chi connectivity index (χ3v) is 5.36. The van der Waals surface area contributed by atoms with Crippen molar-refractivity contribution in [1.82, 2.24) is 4.90 Å². The fraction of sp³-hybridized carbons (Fsp3) is 0.667. The molecule has 1 aromatic carbocycles. The zero-order valence-corrected chi connectivity index (χ0v) is 19.9. The van der Waals surface area contributed by atoms with Gasteiger partial charge in [-0.05, 0) is 64.2 Å². The fourth-order valence-corrected chi connectivity index (χ4v) is 3.97. The Morgan fingerprint density at radius 3 is 2.47 bits per heavy atom. The van der Waals surface area contributed by atoms with E-state index in [0.717, 1.165) is 24.8 Å². The molecule has 1 aliphatic rings. The average Bonchev–Trinajstić information content (AvgIpc) is 3.13. The Morgan fingerprint density at radius 2 is 1.84 bits per heavy atom. The summed E-state index contributed by atoms with van der Waals surface area (Å²) in [5.74, 6) is 0.430. The lowest BCUT2D eigenvalue weighted by Gasteiger charge is -2.33. The number of nitrogens with zero attached hydrogens (tertiary/aromatic N) is 1. The summed E-state index contributed by atoms with van der Waals surface area (Å²) in [7, 11) is 3.25. The molecule has 1 N–H and O–H groups in total. The zero-order valence-electron chi connectivity index (χ0n) is 19.9. The lowest BCUT2D eigenvalue weighted by molar-refractivity contribution is -0.137. The van der Waals surface area contributed by atoms with Crippen molar-refractivity contribution in [1.29, 1.82) is 0 Å². The predicted octanol–water partition coefficient (Wildman–Crippen LogP) is 4.81. The molecule has 1 aromatic rings. The van der Waals surface area contributed by atoms with Crippen molar-refractivity contribution in [3.05, 3.63) is 23.8 Å². The van der Waals surface area contributed by atoms with Gasteiger partial charge in [-0.3, -0.25) is 9.69 Å². The van der Waals surface area contributed by atoms with Crippen molar-refractivity contribution in [3.8, 4) is 11.5 Å². The average molecular weight is 452 g/mol. The van der Waals surface area contributed by atoms with Gasteiger partial charge in [0, 0.05) is 32.6 Å². The van der Waals surface area contributed by atoms with Crippen LogP contribution in [-0.2, 0) is 14.3 Å². The smallest absolute Gasteiger partial charge is 0.411 e. The summed E-state index contributed by atoms with van der Waals surface area (Å²) >= 11 is 0. The number of likely N-dealkylation sites (tertiary alicyclic amines) is 1. The molecule has 1 amide bonds. The summed E-state index contributed by atoms with van der Waals surface area (Å²) in [6.45, 7) is 6.62. The van der Waals surface area contributed by atoms with E-state index in [1.54, 1.807) is 19.1 Å². The highest BCUT2D eigenvalue weighted by Gasteiger charge is 2.40. The highest BCUT2D eigenvalue weighted by atomic mass is 16.6.